The highest BCUT2D eigenvalue weighted by atomic mass is 32.2. The highest BCUT2D eigenvalue weighted by Gasteiger charge is 2.14. The SMILES string of the molecule is O=C(CSc1nnc(-c2ccc(F)cc2)o1)NNC(=O)c1ccccc1F. The van der Waals surface area contributed by atoms with Gasteiger partial charge in [-0.3, -0.25) is 20.4 Å². The van der Waals surface area contributed by atoms with Gasteiger partial charge in [0.1, 0.15) is 11.6 Å². The lowest BCUT2D eigenvalue weighted by molar-refractivity contribution is -0.119. The molecule has 0 bridgehead atoms. The molecule has 0 spiro atoms. The topological polar surface area (TPSA) is 97.1 Å². The number of hydrogen-bond acceptors (Lipinski definition) is 6. The van der Waals surface area contributed by atoms with Crippen LogP contribution in [0.4, 0.5) is 8.78 Å². The summed E-state index contributed by atoms with van der Waals surface area (Å²) < 4.78 is 31.8. The molecule has 10 heteroatoms. The van der Waals surface area contributed by atoms with Crippen molar-refractivity contribution in [3.05, 3.63) is 65.7 Å². The highest BCUT2D eigenvalue weighted by molar-refractivity contribution is 7.99. The third kappa shape index (κ3) is 4.88. The van der Waals surface area contributed by atoms with E-state index in [-0.39, 0.29) is 28.2 Å². The summed E-state index contributed by atoms with van der Waals surface area (Å²) in [6.07, 6.45) is 0. The predicted octanol–water partition coefficient (Wildman–Crippen LogP) is 2.57. The quantitative estimate of drug-likeness (QED) is 0.513. The highest BCUT2D eigenvalue weighted by Crippen LogP contribution is 2.23. The monoisotopic (exact) mass is 390 g/mol. The molecule has 0 aliphatic rings. The van der Waals surface area contributed by atoms with Gasteiger partial charge < -0.3 is 4.42 Å². The number of carbonyl (C=O) groups is 2. The molecular formula is C17H12F2N4O3S. The van der Waals surface area contributed by atoms with Crippen LogP contribution in [0.1, 0.15) is 10.4 Å². The number of nitrogens with one attached hydrogen (secondary N) is 2. The molecule has 1 aromatic heterocycles. The summed E-state index contributed by atoms with van der Waals surface area (Å²) >= 11 is 0.946. The van der Waals surface area contributed by atoms with Crippen molar-refractivity contribution in [3.8, 4) is 11.5 Å². The number of rotatable bonds is 5. The van der Waals surface area contributed by atoms with Crippen molar-refractivity contribution < 1.29 is 22.8 Å². The van der Waals surface area contributed by atoms with Crippen LogP contribution in [0, 0.1) is 11.6 Å². The van der Waals surface area contributed by atoms with E-state index in [1.807, 2.05) is 0 Å². The van der Waals surface area contributed by atoms with Gasteiger partial charge in [0.2, 0.25) is 11.8 Å². The summed E-state index contributed by atoms with van der Waals surface area (Å²) in [6.45, 7) is 0. The number of carbonyl (C=O) groups excluding carboxylic acids is 2. The van der Waals surface area contributed by atoms with Crippen molar-refractivity contribution in [3.63, 3.8) is 0 Å². The summed E-state index contributed by atoms with van der Waals surface area (Å²) in [6, 6.07) is 10.9. The largest absolute Gasteiger partial charge is 0.411 e. The zero-order valence-electron chi connectivity index (χ0n) is 13.6. The lowest BCUT2D eigenvalue weighted by Crippen LogP contribution is -2.42. The summed E-state index contributed by atoms with van der Waals surface area (Å²) in [5, 5.41) is 7.72. The van der Waals surface area contributed by atoms with Gasteiger partial charge in [0.15, 0.2) is 0 Å². The zero-order chi connectivity index (χ0) is 19.2. The molecule has 0 fully saturated rings. The third-order valence-corrected chi connectivity index (χ3v) is 4.08. The van der Waals surface area contributed by atoms with E-state index in [1.165, 1.54) is 42.5 Å². The first-order chi connectivity index (χ1) is 13.0. The van der Waals surface area contributed by atoms with Gasteiger partial charge in [-0.1, -0.05) is 23.9 Å². The van der Waals surface area contributed by atoms with Crippen LogP contribution in [0.5, 0.6) is 0 Å². The molecule has 2 aromatic carbocycles. The van der Waals surface area contributed by atoms with E-state index in [4.69, 9.17) is 4.42 Å². The molecule has 0 unspecified atom stereocenters. The number of aromatic nitrogens is 2. The van der Waals surface area contributed by atoms with Crippen LogP contribution in [0.25, 0.3) is 11.5 Å². The van der Waals surface area contributed by atoms with E-state index in [2.05, 4.69) is 21.0 Å². The number of nitrogens with zero attached hydrogens (tertiary/aromatic N) is 2. The average Bonchev–Trinajstić information content (AvgIpc) is 3.14. The van der Waals surface area contributed by atoms with Crippen molar-refractivity contribution in [2.24, 2.45) is 0 Å². The van der Waals surface area contributed by atoms with Crippen LogP contribution < -0.4 is 10.9 Å². The minimum Gasteiger partial charge on any atom is -0.411 e. The molecule has 0 aliphatic heterocycles. The molecule has 0 atom stereocenters. The van der Waals surface area contributed by atoms with Gasteiger partial charge in [-0.2, -0.15) is 0 Å². The Hall–Kier alpha value is -3.27. The maximum Gasteiger partial charge on any atom is 0.277 e. The number of hydrazine groups is 1. The van der Waals surface area contributed by atoms with Crippen LogP contribution in [0.2, 0.25) is 0 Å². The maximum atomic E-state index is 13.5. The molecule has 3 aromatic rings. The Labute approximate surface area is 156 Å². The molecule has 2 N–H and O–H groups in total. The molecule has 7 nitrogen and oxygen atoms in total. The third-order valence-electron chi connectivity index (χ3n) is 3.26. The molecule has 2 amide bonds. The van der Waals surface area contributed by atoms with E-state index in [0.717, 1.165) is 17.8 Å². The number of amides is 2. The van der Waals surface area contributed by atoms with Crippen molar-refractivity contribution in [1.29, 1.82) is 0 Å². The Bertz CT molecular complexity index is 963. The van der Waals surface area contributed by atoms with E-state index in [1.54, 1.807) is 0 Å². The van der Waals surface area contributed by atoms with Gasteiger partial charge in [-0.05, 0) is 36.4 Å². The Morgan fingerprint density at radius 3 is 2.48 bits per heavy atom. The Morgan fingerprint density at radius 1 is 1.00 bits per heavy atom. The van der Waals surface area contributed by atoms with Gasteiger partial charge in [-0.15, -0.1) is 10.2 Å². The van der Waals surface area contributed by atoms with E-state index in [0.29, 0.717) is 5.56 Å². The average molecular weight is 390 g/mol. The van der Waals surface area contributed by atoms with Crippen LogP contribution in [-0.2, 0) is 4.79 Å². The number of benzene rings is 2. The van der Waals surface area contributed by atoms with E-state index in [9.17, 15) is 18.4 Å². The number of thioether (sulfide) groups is 1. The lowest BCUT2D eigenvalue weighted by atomic mass is 10.2. The summed E-state index contributed by atoms with van der Waals surface area (Å²) in [5.74, 6) is -2.35. The molecule has 0 aliphatic carbocycles. The van der Waals surface area contributed by atoms with E-state index < -0.39 is 17.6 Å². The van der Waals surface area contributed by atoms with Gasteiger partial charge in [0, 0.05) is 5.56 Å². The van der Waals surface area contributed by atoms with Gasteiger partial charge >= 0.3 is 0 Å². The molecule has 138 valence electrons. The molecule has 0 radical (unpaired) electrons. The Balaban J connectivity index is 1.49. The molecular weight excluding hydrogens is 378 g/mol. The fourth-order valence-corrected chi connectivity index (χ4v) is 2.54. The maximum absolute atomic E-state index is 13.5. The lowest BCUT2D eigenvalue weighted by Gasteiger charge is -2.07. The fraction of sp³-hybridized carbons (Fsp3) is 0.0588. The second kappa shape index (κ2) is 8.41. The smallest absolute Gasteiger partial charge is 0.277 e. The fourth-order valence-electron chi connectivity index (χ4n) is 1.98. The predicted molar refractivity (Wildman–Crippen MR) is 92.4 cm³/mol. The number of hydrogen-bond donors (Lipinski definition) is 2. The Kier molecular flexibility index (Phi) is 5.77. The first-order valence-corrected chi connectivity index (χ1v) is 8.57. The van der Waals surface area contributed by atoms with Crippen LogP contribution in [-0.4, -0.2) is 27.8 Å². The first-order valence-electron chi connectivity index (χ1n) is 7.59. The van der Waals surface area contributed by atoms with Gasteiger partial charge in [0.05, 0.1) is 11.3 Å². The molecule has 0 saturated carbocycles. The summed E-state index contributed by atoms with van der Waals surface area (Å²) in [5.41, 5.74) is 4.63. The standard InChI is InChI=1S/C17H12F2N4O3S/c18-11-7-5-10(6-8-11)16-22-23-17(26-16)27-9-14(24)20-21-15(25)12-3-1-2-4-13(12)19/h1-8H,9H2,(H,20,24)(H,21,25). The van der Waals surface area contributed by atoms with Crippen LogP contribution in [0.15, 0.2) is 58.2 Å². The Morgan fingerprint density at radius 2 is 1.74 bits per heavy atom. The minimum atomic E-state index is -0.775. The van der Waals surface area contributed by atoms with Gasteiger partial charge in [-0.25, -0.2) is 8.78 Å². The molecule has 3 rings (SSSR count). The second-order valence-electron chi connectivity index (χ2n) is 5.15. The van der Waals surface area contributed by atoms with Crippen LogP contribution in [0.3, 0.4) is 0 Å². The van der Waals surface area contributed by atoms with Crippen molar-refractivity contribution in [2.45, 2.75) is 5.22 Å². The van der Waals surface area contributed by atoms with Crippen LogP contribution >= 0.6 is 11.8 Å². The number of halogens is 2. The zero-order valence-corrected chi connectivity index (χ0v) is 14.4. The van der Waals surface area contributed by atoms with Crippen molar-refractivity contribution in [1.82, 2.24) is 21.0 Å². The molecule has 27 heavy (non-hydrogen) atoms. The van der Waals surface area contributed by atoms with Crippen molar-refractivity contribution >= 4 is 23.6 Å². The molecule has 1 heterocycles. The van der Waals surface area contributed by atoms with E-state index >= 15 is 0 Å². The van der Waals surface area contributed by atoms with Crippen molar-refractivity contribution in [2.75, 3.05) is 5.75 Å². The van der Waals surface area contributed by atoms with Gasteiger partial charge in [0.25, 0.3) is 11.1 Å². The summed E-state index contributed by atoms with van der Waals surface area (Å²) in [7, 11) is 0. The second-order valence-corrected chi connectivity index (χ2v) is 6.08. The summed E-state index contributed by atoms with van der Waals surface area (Å²) in [4.78, 5) is 23.6. The molecule has 0 saturated heterocycles. The normalized spacial score (nSPS) is 10.4. The minimum absolute atomic E-state index is 0.122. The first kappa shape index (κ1) is 18.5.